The largest absolute Gasteiger partial charge is 3.00 e. The van der Waals surface area contributed by atoms with Crippen LogP contribution in [0.15, 0.2) is 215 Å². The van der Waals surface area contributed by atoms with Crippen LogP contribution in [0, 0.1) is 14.9 Å². The Labute approximate surface area is 549 Å². The third-order valence-electron chi connectivity index (χ3n) is 10.7. The molecule has 527 valence electrons. The Balaban J connectivity index is 0.00000180. The minimum absolute atomic E-state index is 0. The van der Waals surface area contributed by atoms with Gasteiger partial charge in [-0.3, -0.25) is 0 Å². The van der Waals surface area contributed by atoms with Gasteiger partial charge >= 0.3 is 116 Å². The molecule has 0 unspecified atom stereocenters. The van der Waals surface area contributed by atoms with E-state index in [0.29, 0.717) is 5.92 Å². The van der Waals surface area contributed by atoms with Gasteiger partial charge in [0.05, 0.1) is 35.0 Å². The fraction of sp³-hybridized carbons (Fsp3) is 0.267. The van der Waals surface area contributed by atoms with Crippen LogP contribution in [0.4, 0.5) is 75.5 Å². The summed E-state index contributed by atoms with van der Waals surface area (Å²) in [6, 6.07) is 60.5. The molecular formula is C60H72F18FeO8P3S3. The molecule has 0 bridgehead atoms. The Morgan fingerprint density at radius 1 is 0.366 bits per heavy atom. The molecule has 0 aromatic heterocycles. The van der Waals surface area contributed by atoms with Gasteiger partial charge in [0.2, 0.25) is 0 Å². The molecule has 7 aromatic carbocycles. The quantitative estimate of drug-likeness (QED) is 0.0182. The Bertz CT molecular complexity index is 2850. The maximum absolute atomic E-state index is 10.7. The molecule has 0 atom stereocenters. The van der Waals surface area contributed by atoms with Gasteiger partial charge in [0, 0.05) is 24.0 Å². The predicted octanol–water partition coefficient (Wildman–Crippen LogP) is 24.5. The fourth-order valence-corrected chi connectivity index (χ4v) is 12.1. The van der Waals surface area contributed by atoms with Gasteiger partial charge in [0.1, 0.15) is 36.2 Å². The van der Waals surface area contributed by atoms with Crippen LogP contribution in [0.5, 0.6) is 23.0 Å². The van der Waals surface area contributed by atoms with Crippen LogP contribution in [0.3, 0.4) is 0 Å². The van der Waals surface area contributed by atoms with Gasteiger partial charge < -0.3 is 53.5 Å². The van der Waals surface area contributed by atoms with Gasteiger partial charge in [-0.2, -0.15) is 0 Å². The van der Waals surface area contributed by atoms with E-state index in [-0.39, 0.29) is 82.8 Å². The first-order valence-electron chi connectivity index (χ1n) is 26.5. The normalized spacial score (nSPS) is 14.1. The van der Waals surface area contributed by atoms with Crippen molar-refractivity contribution in [1.82, 2.24) is 0 Å². The van der Waals surface area contributed by atoms with Crippen LogP contribution in [0.2, 0.25) is 0 Å². The molecule has 1 fully saturated rings. The average molecular weight is 1510 g/mol. The number of aliphatic hydroxyl groups is 2. The van der Waals surface area contributed by atoms with E-state index in [0.717, 1.165) is 42.6 Å². The van der Waals surface area contributed by atoms with Crippen LogP contribution in [-0.4, -0.2) is 64.4 Å². The molecule has 1 aliphatic carbocycles. The molecule has 8 nitrogen and oxygen atoms in total. The van der Waals surface area contributed by atoms with Crippen molar-refractivity contribution in [2.24, 2.45) is 0 Å². The van der Waals surface area contributed by atoms with E-state index in [2.05, 4.69) is 135 Å². The van der Waals surface area contributed by atoms with Crippen molar-refractivity contribution < 1.29 is 131 Å². The second-order valence-corrected chi connectivity index (χ2v) is 29.9. The Morgan fingerprint density at radius 3 is 0.774 bits per heavy atom. The monoisotopic (exact) mass is 1510 g/mol. The standard InChI is InChI=1S/C44H44O8S3.C9H12.C5H10.2CH3.3F6P.Fe/c1-47-31-51-35-7-19-41(20-8-35)55(42-21-9-36(10-22-42)52-32-48-2)44-25-13-38(14-26-44)53-37-11-23-43(24-12-37)54(39-15-3-33(4-16-39)49-29-27-45)40-17-5-34(6-18-40)50-30-28-46;1-8(2)9-6-4-3-5-7-9;1-2-4-5-3-1;;;3*1-7(2,3,4,5)6;/h3-26,45-46H,27-32H2,1-2H3;3-8H,1-2H3;1-5H2;2*1H3;;;;/q+2;;;5*-1;+3. The average Bonchev–Trinajstić information content (AvgIpc) is 1.18. The Morgan fingerprint density at radius 2 is 0.581 bits per heavy atom. The zero-order chi connectivity index (χ0) is 67.7. The summed E-state index contributed by atoms with van der Waals surface area (Å²) in [5.74, 6) is 3.60. The van der Waals surface area contributed by atoms with E-state index in [4.69, 9.17) is 28.4 Å². The fourth-order valence-electron chi connectivity index (χ4n) is 7.23. The van der Waals surface area contributed by atoms with Gasteiger partial charge in [-0.1, -0.05) is 88.0 Å². The minimum atomic E-state index is -10.7. The Kier molecular flexibility index (Phi) is 33.6. The van der Waals surface area contributed by atoms with Crippen molar-refractivity contribution in [2.75, 3.05) is 54.2 Å². The summed E-state index contributed by atoms with van der Waals surface area (Å²) in [5.41, 5.74) is 1.41. The molecular weight excluding hydrogens is 1440 g/mol. The first-order chi connectivity index (χ1) is 41.2. The molecule has 1 radical (unpaired) electrons. The number of rotatable bonds is 21. The maximum atomic E-state index is 9.87. The van der Waals surface area contributed by atoms with E-state index in [1.807, 2.05) is 54.6 Å². The molecule has 2 N–H and O–H groups in total. The van der Waals surface area contributed by atoms with Crippen molar-refractivity contribution in [2.45, 2.75) is 91.0 Å². The summed E-state index contributed by atoms with van der Waals surface area (Å²) >= 11 is 1.73. The van der Waals surface area contributed by atoms with Crippen molar-refractivity contribution in [3.63, 3.8) is 0 Å². The number of halogens is 18. The van der Waals surface area contributed by atoms with Gasteiger partial charge in [-0.05, 0) is 157 Å². The summed E-state index contributed by atoms with van der Waals surface area (Å²) in [6.07, 6.45) is 7.50. The molecule has 0 saturated heterocycles. The van der Waals surface area contributed by atoms with E-state index in [9.17, 15) is 85.8 Å². The summed E-state index contributed by atoms with van der Waals surface area (Å²) < 4.78 is 210. The van der Waals surface area contributed by atoms with E-state index in [1.54, 1.807) is 26.0 Å². The third-order valence-corrected chi connectivity index (χ3v) is 16.2. The Hall–Kier alpha value is -4.82. The topological polar surface area (TPSA) is 95.8 Å². The SMILES string of the molecule is C1CCCC1.CC(C)c1ccccc1.COCOc1ccc([S+](c2ccc(OCOC)cc2)c2ccc(Sc3ccc([S+](c4ccc(OCCO)cc4)c4ccc(OCCO)cc4)cc3)cc2)cc1.F[P-](F)(F)(F)(F)F.F[P-](F)(F)(F)(F)F.F[P-](F)(F)(F)(F)F.[CH3-].[CH3-].[Fe+3]. The molecule has 0 spiro atoms. The second kappa shape index (κ2) is 35.4. The zero-order valence-electron chi connectivity index (χ0n) is 50.7. The van der Waals surface area contributed by atoms with Crippen LogP contribution in [-0.2, 0) is 48.3 Å². The number of benzene rings is 7. The second-order valence-electron chi connectivity index (χ2n) is 19.0. The third kappa shape index (κ3) is 46.9. The number of hydrogen-bond donors (Lipinski definition) is 2. The molecule has 93 heavy (non-hydrogen) atoms. The number of aliphatic hydroxyl groups excluding tert-OH is 2. The maximum Gasteiger partial charge on any atom is 3.00 e. The minimum Gasteiger partial charge on any atom is -0.358 e. The number of hydrogen-bond acceptors (Lipinski definition) is 9. The molecule has 0 aliphatic heterocycles. The van der Waals surface area contributed by atoms with Crippen molar-refractivity contribution in [1.29, 1.82) is 0 Å². The van der Waals surface area contributed by atoms with Crippen LogP contribution in [0.1, 0.15) is 57.4 Å². The number of methoxy groups -OCH3 is 2. The van der Waals surface area contributed by atoms with Crippen LogP contribution < -0.4 is 18.9 Å². The smallest absolute Gasteiger partial charge is 0.358 e. The van der Waals surface area contributed by atoms with Gasteiger partial charge in [0.15, 0.2) is 43.0 Å². The van der Waals surface area contributed by atoms with Crippen LogP contribution in [0.25, 0.3) is 0 Å². The van der Waals surface area contributed by atoms with E-state index < -0.39 is 34.3 Å². The molecule has 7 aromatic rings. The number of ether oxygens (including phenoxy) is 6. The summed E-state index contributed by atoms with van der Waals surface area (Å²) in [6.45, 7) is 5.24. The first kappa shape index (κ1) is 88.2. The van der Waals surface area contributed by atoms with Gasteiger partial charge in [-0.25, -0.2) is 0 Å². The molecule has 33 heteroatoms. The molecule has 0 amide bonds. The molecule has 0 heterocycles. The predicted molar refractivity (Wildman–Crippen MR) is 334 cm³/mol. The van der Waals surface area contributed by atoms with Crippen LogP contribution >= 0.6 is 35.2 Å². The van der Waals surface area contributed by atoms with E-state index in [1.165, 1.54) is 57.2 Å². The van der Waals surface area contributed by atoms with Crippen molar-refractivity contribution in [3.8, 4) is 23.0 Å². The summed E-state index contributed by atoms with van der Waals surface area (Å²) in [5, 5.41) is 18.3. The van der Waals surface area contributed by atoms with Crippen molar-refractivity contribution >= 4 is 57.0 Å². The van der Waals surface area contributed by atoms with E-state index >= 15 is 0 Å². The summed E-state index contributed by atoms with van der Waals surface area (Å²) in [4.78, 5) is 9.26. The molecule has 1 saturated carbocycles. The summed E-state index contributed by atoms with van der Waals surface area (Å²) in [7, 11) is -29.5. The zero-order valence-corrected chi connectivity index (χ0v) is 56.9. The van der Waals surface area contributed by atoms with Gasteiger partial charge in [0.25, 0.3) is 0 Å². The first-order valence-corrected chi connectivity index (χ1v) is 35.8. The molecule has 8 rings (SSSR count). The van der Waals surface area contributed by atoms with Crippen molar-refractivity contribution in [3.05, 3.63) is 196 Å². The van der Waals surface area contributed by atoms with Gasteiger partial charge in [-0.15, -0.1) is 0 Å². The molecule has 1 aliphatic rings.